The highest BCUT2D eigenvalue weighted by molar-refractivity contribution is 6.17. The molecular weight excluding hydrogens is 144 g/mol. The van der Waals surface area contributed by atoms with Gasteiger partial charge in [-0.25, -0.2) is 0 Å². The zero-order valence-corrected chi connectivity index (χ0v) is 7.75. The van der Waals surface area contributed by atoms with Crippen molar-refractivity contribution >= 4 is 11.6 Å². The summed E-state index contributed by atoms with van der Waals surface area (Å²) in [5, 5.41) is 0. The predicted molar refractivity (Wildman–Crippen MR) is 48.6 cm³/mol. The Morgan fingerprint density at radius 2 is 2.20 bits per heavy atom. The highest BCUT2D eigenvalue weighted by Crippen LogP contribution is 2.06. The third-order valence-corrected chi connectivity index (χ3v) is 1.74. The molecule has 0 aliphatic rings. The van der Waals surface area contributed by atoms with Crippen molar-refractivity contribution in [2.24, 2.45) is 0 Å². The van der Waals surface area contributed by atoms with Gasteiger partial charge in [-0.3, -0.25) is 0 Å². The van der Waals surface area contributed by atoms with E-state index in [0.29, 0.717) is 0 Å². The van der Waals surface area contributed by atoms with Crippen molar-refractivity contribution in [2.45, 2.75) is 39.5 Å². The highest BCUT2D eigenvalue weighted by Gasteiger charge is 1.87. The zero-order chi connectivity index (χ0) is 7.82. The summed E-state index contributed by atoms with van der Waals surface area (Å²) < 4.78 is 0. The summed E-state index contributed by atoms with van der Waals surface area (Å²) in [5.74, 6) is 0.753. The molecule has 0 aromatic rings. The maximum atomic E-state index is 5.54. The Hall–Kier alpha value is 0.0300. The van der Waals surface area contributed by atoms with E-state index in [1.54, 1.807) is 0 Å². The number of rotatable bonds is 5. The fourth-order valence-corrected chi connectivity index (χ4v) is 0.968. The summed E-state index contributed by atoms with van der Waals surface area (Å²) in [6.07, 6.45) is 7.10. The van der Waals surface area contributed by atoms with Gasteiger partial charge in [0.1, 0.15) is 0 Å². The van der Waals surface area contributed by atoms with E-state index in [1.165, 1.54) is 24.8 Å². The van der Waals surface area contributed by atoms with Crippen molar-refractivity contribution in [1.29, 1.82) is 0 Å². The zero-order valence-electron chi connectivity index (χ0n) is 6.99. The van der Waals surface area contributed by atoms with Crippen LogP contribution in [0.3, 0.4) is 0 Å². The van der Waals surface area contributed by atoms with Crippen LogP contribution in [0.15, 0.2) is 11.6 Å². The lowest BCUT2D eigenvalue weighted by molar-refractivity contribution is 0.784. The van der Waals surface area contributed by atoms with Crippen LogP contribution >= 0.6 is 11.6 Å². The van der Waals surface area contributed by atoms with Gasteiger partial charge in [0, 0.05) is 5.88 Å². The molecule has 0 aromatic carbocycles. The summed E-state index contributed by atoms with van der Waals surface area (Å²) in [6, 6.07) is 0. The topological polar surface area (TPSA) is 0 Å². The standard InChI is InChI=1S/C9H17Cl/c1-3-4-6-9(2)7-5-8-10/h7H,3-6,8H2,1-2H3/b9-7+. The number of halogens is 1. The van der Waals surface area contributed by atoms with Gasteiger partial charge in [-0.1, -0.05) is 25.0 Å². The molecule has 0 spiro atoms. The smallest absolute Gasteiger partial charge is 0.0258 e. The molecule has 0 nitrogen and oxygen atoms in total. The minimum atomic E-state index is 0.753. The first-order valence-corrected chi connectivity index (χ1v) is 4.56. The van der Waals surface area contributed by atoms with Crippen molar-refractivity contribution in [3.8, 4) is 0 Å². The molecule has 0 aromatic heterocycles. The molecule has 0 bridgehead atoms. The molecule has 60 valence electrons. The monoisotopic (exact) mass is 160 g/mol. The van der Waals surface area contributed by atoms with Crippen LogP contribution in [-0.4, -0.2) is 5.88 Å². The number of hydrogen-bond acceptors (Lipinski definition) is 0. The normalized spacial score (nSPS) is 12.1. The number of alkyl halides is 1. The van der Waals surface area contributed by atoms with Gasteiger partial charge in [0.15, 0.2) is 0 Å². The van der Waals surface area contributed by atoms with Gasteiger partial charge < -0.3 is 0 Å². The van der Waals surface area contributed by atoms with Crippen LogP contribution in [0.1, 0.15) is 39.5 Å². The molecule has 0 N–H and O–H groups in total. The second-order valence-electron chi connectivity index (χ2n) is 2.63. The largest absolute Gasteiger partial charge is 0.126 e. The molecule has 0 saturated carbocycles. The van der Waals surface area contributed by atoms with Gasteiger partial charge in [0.05, 0.1) is 0 Å². The molecule has 0 aliphatic heterocycles. The van der Waals surface area contributed by atoms with E-state index >= 15 is 0 Å². The summed E-state index contributed by atoms with van der Waals surface area (Å²) in [6.45, 7) is 4.40. The highest BCUT2D eigenvalue weighted by atomic mass is 35.5. The average molecular weight is 161 g/mol. The van der Waals surface area contributed by atoms with Crippen LogP contribution in [0.5, 0.6) is 0 Å². The molecule has 0 saturated heterocycles. The van der Waals surface area contributed by atoms with Crippen LogP contribution < -0.4 is 0 Å². The molecule has 0 fully saturated rings. The molecule has 1 heteroatoms. The SMILES string of the molecule is CCCC/C(C)=C/CCCl. The first-order chi connectivity index (χ1) is 4.81. The summed E-state index contributed by atoms with van der Waals surface area (Å²) in [7, 11) is 0. The second-order valence-corrected chi connectivity index (χ2v) is 3.01. The van der Waals surface area contributed by atoms with Gasteiger partial charge in [0.2, 0.25) is 0 Å². The van der Waals surface area contributed by atoms with E-state index < -0.39 is 0 Å². The minimum Gasteiger partial charge on any atom is -0.126 e. The fraction of sp³-hybridized carbons (Fsp3) is 0.778. The average Bonchev–Trinajstić information content (AvgIpc) is 1.97. The number of unbranched alkanes of at least 4 members (excludes halogenated alkanes) is 1. The number of hydrogen-bond donors (Lipinski definition) is 0. The Kier molecular flexibility index (Phi) is 7.16. The van der Waals surface area contributed by atoms with Crippen LogP contribution in [0.4, 0.5) is 0 Å². The second kappa shape index (κ2) is 7.14. The Morgan fingerprint density at radius 3 is 2.70 bits per heavy atom. The fourth-order valence-electron chi connectivity index (χ4n) is 0.859. The third-order valence-electron chi connectivity index (χ3n) is 1.53. The Bertz CT molecular complexity index is 94.9. The molecule has 0 rings (SSSR count). The lowest BCUT2D eigenvalue weighted by atomic mass is 10.1. The van der Waals surface area contributed by atoms with Crippen LogP contribution in [0.25, 0.3) is 0 Å². The molecule has 10 heavy (non-hydrogen) atoms. The molecule has 0 radical (unpaired) electrons. The van der Waals surface area contributed by atoms with Gasteiger partial charge in [0.25, 0.3) is 0 Å². The Balaban J connectivity index is 3.30. The van der Waals surface area contributed by atoms with E-state index in [4.69, 9.17) is 11.6 Å². The van der Waals surface area contributed by atoms with Crippen LogP contribution in [0.2, 0.25) is 0 Å². The van der Waals surface area contributed by atoms with Crippen molar-refractivity contribution in [3.05, 3.63) is 11.6 Å². The molecule has 0 atom stereocenters. The van der Waals surface area contributed by atoms with Gasteiger partial charge in [-0.05, 0) is 26.2 Å². The van der Waals surface area contributed by atoms with Crippen molar-refractivity contribution in [1.82, 2.24) is 0 Å². The Labute approximate surface area is 69.3 Å². The molecule has 0 unspecified atom stereocenters. The van der Waals surface area contributed by atoms with E-state index in [9.17, 15) is 0 Å². The van der Waals surface area contributed by atoms with Crippen LogP contribution in [-0.2, 0) is 0 Å². The lowest BCUT2D eigenvalue weighted by Crippen LogP contribution is -1.78. The predicted octanol–water partition coefficient (Wildman–Crippen LogP) is 3.75. The van der Waals surface area contributed by atoms with Crippen LogP contribution in [0, 0.1) is 0 Å². The summed E-state index contributed by atoms with van der Waals surface area (Å²) in [5.41, 5.74) is 1.49. The van der Waals surface area contributed by atoms with E-state index in [0.717, 1.165) is 12.3 Å². The lowest BCUT2D eigenvalue weighted by Gasteiger charge is -1.97. The molecule has 0 amide bonds. The molecular formula is C9H17Cl. The van der Waals surface area contributed by atoms with Gasteiger partial charge in [-0.2, -0.15) is 0 Å². The molecule has 0 aliphatic carbocycles. The first-order valence-electron chi connectivity index (χ1n) is 4.02. The summed E-state index contributed by atoms with van der Waals surface area (Å²) in [4.78, 5) is 0. The van der Waals surface area contributed by atoms with E-state index in [2.05, 4.69) is 19.9 Å². The maximum absolute atomic E-state index is 5.54. The third kappa shape index (κ3) is 6.15. The molecule has 0 heterocycles. The van der Waals surface area contributed by atoms with E-state index in [1.807, 2.05) is 0 Å². The van der Waals surface area contributed by atoms with Gasteiger partial charge in [-0.15, -0.1) is 11.6 Å². The van der Waals surface area contributed by atoms with Crippen molar-refractivity contribution < 1.29 is 0 Å². The van der Waals surface area contributed by atoms with Crippen molar-refractivity contribution in [3.63, 3.8) is 0 Å². The Morgan fingerprint density at radius 1 is 1.50 bits per heavy atom. The maximum Gasteiger partial charge on any atom is 0.0258 e. The summed E-state index contributed by atoms with van der Waals surface area (Å²) >= 11 is 5.54. The van der Waals surface area contributed by atoms with Gasteiger partial charge >= 0.3 is 0 Å². The van der Waals surface area contributed by atoms with Crippen molar-refractivity contribution in [2.75, 3.05) is 5.88 Å². The quantitative estimate of drug-likeness (QED) is 0.425. The number of allylic oxidation sites excluding steroid dienone is 2. The van der Waals surface area contributed by atoms with E-state index in [-0.39, 0.29) is 0 Å². The first kappa shape index (κ1) is 10.0. The minimum absolute atomic E-state index is 0.753.